The molecule has 3 nitrogen and oxygen atoms in total. The van der Waals surface area contributed by atoms with Crippen molar-refractivity contribution in [1.29, 1.82) is 0 Å². The first kappa shape index (κ1) is 13.4. The molecule has 6 heteroatoms. The summed E-state index contributed by atoms with van der Waals surface area (Å²) >= 11 is 9.27. The van der Waals surface area contributed by atoms with Crippen LogP contribution >= 0.6 is 54.5 Å². The first-order valence-corrected chi connectivity index (χ1v) is 8.11. The molecule has 0 unspecified atom stereocenters. The van der Waals surface area contributed by atoms with E-state index in [0.29, 0.717) is 5.69 Å². The third-order valence-electron chi connectivity index (χ3n) is 2.76. The number of aromatic nitrogens is 2. The summed E-state index contributed by atoms with van der Waals surface area (Å²) in [5.74, 6) is 0.810. The van der Waals surface area contributed by atoms with Crippen molar-refractivity contribution in [2.75, 3.05) is 5.73 Å². The van der Waals surface area contributed by atoms with Gasteiger partial charge in [0.1, 0.15) is 11.3 Å². The summed E-state index contributed by atoms with van der Waals surface area (Å²) in [6, 6.07) is 9.97. The van der Waals surface area contributed by atoms with Crippen LogP contribution in [0.4, 0.5) is 5.69 Å². The predicted octanol–water partition coefficient (Wildman–Crippen LogP) is 4.94. The van der Waals surface area contributed by atoms with E-state index in [2.05, 4.69) is 70.5 Å². The van der Waals surface area contributed by atoms with Crippen LogP contribution in [0.2, 0.25) is 0 Å². The normalized spacial score (nSPS) is 11.1. The highest BCUT2D eigenvalue weighted by Crippen LogP contribution is 2.32. The summed E-state index contributed by atoms with van der Waals surface area (Å²) in [4.78, 5) is 7.90. The Morgan fingerprint density at radius 1 is 1.16 bits per heavy atom. The highest BCUT2D eigenvalue weighted by atomic mass is 127. The van der Waals surface area contributed by atoms with E-state index in [4.69, 9.17) is 5.73 Å². The van der Waals surface area contributed by atoms with E-state index in [1.807, 2.05) is 24.3 Å². The molecule has 19 heavy (non-hydrogen) atoms. The van der Waals surface area contributed by atoms with Crippen molar-refractivity contribution < 1.29 is 0 Å². The predicted molar refractivity (Wildman–Crippen MR) is 94.1 cm³/mol. The molecule has 0 bridgehead atoms. The van der Waals surface area contributed by atoms with Gasteiger partial charge in [-0.1, -0.05) is 31.9 Å². The third kappa shape index (κ3) is 2.53. The van der Waals surface area contributed by atoms with Crippen molar-refractivity contribution in [2.24, 2.45) is 0 Å². The van der Waals surface area contributed by atoms with Crippen LogP contribution in [0, 0.1) is 3.57 Å². The molecule has 0 aliphatic rings. The number of nitrogens with zero attached hydrogens (tertiary/aromatic N) is 1. The molecule has 2 aromatic carbocycles. The van der Waals surface area contributed by atoms with E-state index in [0.717, 1.165) is 34.9 Å². The molecule has 0 aliphatic heterocycles. The second kappa shape index (κ2) is 5.06. The summed E-state index contributed by atoms with van der Waals surface area (Å²) in [6.45, 7) is 0. The molecular weight excluding hydrogens is 485 g/mol. The van der Waals surface area contributed by atoms with Crippen molar-refractivity contribution in [2.45, 2.75) is 0 Å². The van der Waals surface area contributed by atoms with E-state index in [-0.39, 0.29) is 0 Å². The maximum Gasteiger partial charge on any atom is 0.139 e. The molecule has 3 N–H and O–H groups in total. The smallest absolute Gasteiger partial charge is 0.139 e. The first-order chi connectivity index (χ1) is 9.04. The maximum absolute atomic E-state index is 5.99. The Kier molecular flexibility index (Phi) is 3.57. The fraction of sp³-hybridized carbons (Fsp3) is 0. The largest absolute Gasteiger partial charge is 0.397 e. The van der Waals surface area contributed by atoms with Gasteiger partial charge in [0.2, 0.25) is 0 Å². The van der Waals surface area contributed by atoms with Gasteiger partial charge in [0.05, 0.1) is 11.2 Å². The Morgan fingerprint density at radius 3 is 2.74 bits per heavy atom. The standard InChI is InChI=1S/C13H8Br2IN3/c14-6-3-10(17)12-11(4-6)18-13(19-12)8-5-7(16)1-2-9(8)15/h1-5H,17H2,(H,18,19). The summed E-state index contributed by atoms with van der Waals surface area (Å²) < 4.78 is 3.10. The van der Waals surface area contributed by atoms with Crippen LogP contribution < -0.4 is 5.73 Å². The minimum atomic E-state index is 0.661. The fourth-order valence-electron chi connectivity index (χ4n) is 1.91. The highest BCUT2D eigenvalue weighted by molar-refractivity contribution is 14.1. The van der Waals surface area contributed by atoms with Crippen molar-refractivity contribution in [3.05, 3.63) is 42.8 Å². The van der Waals surface area contributed by atoms with Crippen molar-refractivity contribution in [3.8, 4) is 11.4 Å². The average molecular weight is 493 g/mol. The molecule has 1 heterocycles. The van der Waals surface area contributed by atoms with Gasteiger partial charge in [-0.05, 0) is 52.9 Å². The number of nitrogens with two attached hydrogens (primary N) is 1. The van der Waals surface area contributed by atoms with Crippen LogP contribution in [0.3, 0.4) is 0 Å². The quantitative estimate of drug-likeness (QED) is 0.373. The molecular formula is C13H8Br2IN3. The second-order valence-corrected chi connectivity index (χ2v) is 7.12. The number of hydrogen-bond donors (Lipinski definition) is 2. The molecule has 0 radical (unpaired) electrons. The fourth-order valence-corrected chi connectivity index (χ4v) is 3.32. The summed E-state index contributed by atoms with van der Waals surface area (Å²) in [6.07, 6.45) is 0. The summed E-state index contributed by atoms with van der Waals surface area (Å²) in [5.41, 5.74) is 9.40. The summed E-state index contributed by atoms with van der Waals surface area (Å²) in [7, 11) is 0. The summed E-state index contributed by atoms with van der Waals surface area (Å²) in [5, 5.41) is 0. The number of halogens is 3. The number of hydrogen-bond acceptors (Lipinski definition) is 2. The SMILES string of the molecule is Nc1cc(Br)cc2[nH]c(-c3cc(I)ccc3Br)nc12. The van der Waals surface area contributed by atoms with Gasteiger partial charge in [-0.15, -0.1) is 0 Å². The number of anilines is 1. The van der Waals surface area contributed by atoms with Crippen LogP contribution in [-0.2, 0) is 0 Å². The molecule has 1 aromatic heterocycles. The van der Waals surface area contributed by atoms with Crippen LogP contribution in [0.15, 0.2) is 39.3 Å². The molecule has 3 rings (SSSR count). The molecule has 0 saturated carbocycles. The Morgan fingerprint density at radius 2 is 1.95 bits per heavy atom. The van der Waals surface area contributed by atoms with Gasteiger partial charge >= 0.3 is 0 Å². The van der Waals surface area contributed by atoms with Crippen molar-refractivity contribution in [1.82, 2.24) is 9.97 Å². The van der Waals surface area contributed by atoms with Crippen molar-refractivity contribution in [3.63, 3.8) is 0 Å². The number of nitrogen functional groups attached to an aromatic ring is 1. The molecule has 0 atom stereocenters. The topological polar surface area (TPSA) is 54.7 Å². The Balaban J connectivity index is 2.26. The number of rotatable bonds is 1. The van der Waals surface area contributed by atoms with Gasteiger partial charge in [0.25, 0.3) is 0 Å². The van der Waals surface area contributed by atoms with Gasteiger partial charge in [-0.2, -0.15) is 0 Å². The van der Waals surface area contributed by atoms with Gasteiger partial charge in [-0.3, -0.25) is 0 Å². The molecule has 0 spiro atoms. The number of fused-ring (bicyclic) bond motifs is 1. The van der Waals surface area contributed by atoms with E-state index < -0.39 is 0 Å². The Labute approximate surface area is 140 Å². The minimum absolute atomic E-state index is 0.661. The number of H-pyrrole nitrogens is 1. The zero-order chi connectivity index (χ0) is 13.6. The van der Waals surface area contributed by atoms with E-state index in [1.165, 1.54) is 0 Å². The van der Waals surface area contributed by atoms with E-state index in [1.54, 1.807) is 0 Å². The lowest BCUT2D eigenvalue weighted by Gasteiger charge is -2.01. The first-order valence-electron chi connectivity index (χ1n) is 5.45. The lowest BCUT2D eigenvalue weighted by molar-refractivity contribution is 1.32. The molecule has 0 saturated heterocycles. The number of benzene rings is 2. The van der Waals surface area contributed by atoms with Gasteiger partial charge in [0, 0.05) is 18.1 Å². The average Bonchev–Trinajstić information content (AvgIpc) is 2.76. The van der Waals surface area contributed by atoms with Gasteiger partial charge < -0.3 is 10.7 Å². The Bertz CT molecular complexity index is 783. The lowest BCUT2D eigenvalue weighted by Crippen LogP contribution is -1.86. The highest BCUT2D eigenvalue weighted by Gasteiger charge is 2.11. The Hall–Kier alpha value is -0.600. The van der Waals surface area contributed by atoms with E-state index >= 15 is 0 Å². The van der Waals surface area contributed by atoms with Crippen LogP contribution in [0.1, 0.15) is 0 Å². The molecule has 0 aliphatic carbocycles. The van der Waals surface area contributed by atoms with Crippen molar-refractivity contribution >= 4 is 71.2 Å². The molecule has 96 valence electrons. The maximum atomic E-state index is 5.99. The monoisotopic (exact) mass is 491 g/mol. The third-order valence-corrected chi connectivity index (χ3v) is 4.58. The zero-order valence-electron chi connectivity index (χ0n) is 9.55. The zero-order valence-corrected chi connectivity index (χ0v) is 14.9. The van der Waals surface area contributed by atoms with Gasteiger partial charge in [0.15, 0.2) is 0 Å². The number of aromatic amines is 1. The van der Waals surface area contributed by atoms with E-state index in [9.17, 15) is 0 Å². The lowest BCUT2D eigenvalue weighted by atomic mass is 10.2. The van der Waals surface area contributed by atoms with Crippen LogP contribution in [-0.4, -0.2) is 9.97 Å². The molecule has 0 fully saturated rings. The minimum Gasteiger partial charge on any atom is -0.397 e. The van der Waals surface area contributed by atoms with Crippen LogP contribution in [0.5, 0.6) is 0 Å². The molecule has 3 aromatic rings. The molecule has 0 amide bonds. The number of nitrogens with one attached hydrogen (secondary N) is 1. The van der Waals surface area contributed by atoms with Gasteiger partial charge in [-0.25, -0.2) is 4.98 Å². The van der Waals surface area contributed by atoms with Crippen LogP contribution in [0.25, 0.3) is 22.4 Å². The number of imidazole rings is 1. The second-order valence-electron chi connectivity index (χ2n) is 4.10.